The normalized spacial score (nSPS) is 15.7. The van der Waals surface area contributed by atoms with E-state index in [9.17, 15) is 4.79 Å². The maximum absolute atomic E-state index is 12.6. The second-order valence-corrected chi connectivity index (χ2v) is 8.01. The second kappa shape index (κ2) is 9.18. The molecule has 0 radical (unpaired) electrons. The lowest BCUT2D eigenvalue weighted by atomic mass is 10.0. The highest BCUT2D eigenvalue weighted by Crippen LogP contribution is 2.21. The molecule has 0 aliphatic carbocycles. The first-order chi connectivity index (χ1) is 14.6. The molecule has 0 spiro atoms. The Morgan fingerprint density at radius 2 is 1.80 bits per heavy atom. The predicted octanol–water partition coefficient (Wildman–Crippen LogP) is 2.43. The Kier molecular flexibility index (Phi) is 6.19. The van der Waals surface area contributed by atoms with Crippen LogP contribution in [0.4, 0.5) is 5.69 Å². The average Bonchev–Trinajstić information content (AvgIpc) is 2.79. The van der Waals surface area contributed by atoms with Crippen molar-refractivity contribution in [1.82, 2.24) is 5.32 Å². The van der Waals surface area contributed by atoms with Crippen LogP contribution in [0.5, 0.6) is 5.75 Å². The first kappa shape index (κ1) is 20.2. The zero-order chi connectivity index (χ0) is 20.9. The van der Waals surface area contributed by atoms with E-state index in [1.54, 1.807) is 7.11 Å². The third-order valence-electron chi connectivity index (χ3n) is 5.95. The Morgan fingerprint density at radius 1 is 1.03 bits per heavy atom. The van der Waals surface area contributed by atoms with E-state index in [0.717, 1.165) is 37.5 Å². The van der Waals surface area contributed by atoms with Crippen molar-refractivity contribution in [2.45, 2.75) is 13.0 Å². The van der Waals surface area contributed by atoms with Crippen LogP contribution in [0.15, 0.2) is 66.7 Å². The number of fused-ring (bicyclic) bond motifs is 1. The largest absolute Gasteiger partial charge is 0.497 e. The molecule has 0 saturated carbocycles. The molecule has 0 aromatic heterocycles. The molecule has 1 aliphatic rings. The van der Waals surface area contributed by atoms with E-state index >= 15 is 0 Å². The van der Waals surface area contributed by atoms with Gasteiger partial charge in [-0.05, 0) is 41.5 Å². The van der Waals surface area contributed by atoms with E-state index in [1.165, 1.54) is 21.4 Å². The summed E-state index contributed by atoms with van der Waals surface area (Å²) in [6, 6.07) is 22.9. The monoisotopic (exact) mass is 404 g/mol. The van der Waals surface area contributed by atoms with Crippen LogP contribution in [-0.4, -0.2) is 45.7 Å². The summed E-state index contributed by atoms with van der Waals surface area (Å²) < 4.78 is 5.33. The minimum Gasteiger partial charge on any atom is -0.497 e. The number of piperazine rings is 1. The summed E-state index contributed by atoms with van der Waals surface area (Å²) in [6.07, 6.45) is 0. The van der Waals surface area contributed by atoms with Crippen molar-refractivity contribution in [3.8, 4) is 5.75 Å². The molecular formula is C25H30N3O2+. The van der Waals surface area contributed by atoms with Crippen molar-refractivity contribution in [3.05, 3.63) is 72.3 Å². The minimum atomic E-state index is -0.000390. The first-order valence-electron chi connectivity index (χ1n) is 10.6. The Balaban J connectivity index is 1.29. The van der Waals surface area contributed by atoms with E-state index in [0.29, 0.717) is 6.54 Å². The van der Waals surface area contributed by atoms with Gasteiger partial charge < -0.3 is 19.9 Å². The van der Waals surface area contributed by atoms with Crippen LogP contribution >= 0.6 is 0 Å². The van der Waals surface area contributed by atoms with Crippen LogP contribution in [0.25, 0.3) is 10.8 Å². The first-order valence-corrected chi connectivity index (χ1v) is 10.6. The van der Waals surface area contributed by atoms with Gasteiger partial charge in [0.2, 0.25) is 0 Å². The molecule has 1 atom stereocenters. The van der Waals surface area contributed by atoms with Gasteiger partial charge in [-0.1, -0.05) is 42.5 Å². The van der Waals surface area contributed by atoms with Gasteiger partial charge in [-0.15, -0.1) is 0 Å². The van der Waals surface area contributed by atoms with Crippen molar-refractivity contribution >= 4 is 22.4 Å². The highest BCUT2D eigenvalue weighted by Gasteiger charge is 2.23. The fourth-order valence-corrected chi connectivity index (χ4v) is 4.15. The highest BCUT2D eigenvalue weighted by atomic mass is 16.5. The lowest BCUT2D eigenvalue weighted by Gasteiger charge is -2.33. The molecule has 5 heteroatoms. The molecule has 1 amide bonds. The molecular weight excluding hydrogens is 374 g/mol. The van der Waals surface area contributed by atoms with Gasteiger partial charge in [0, 0.05) is 11.8 Å². The summed E-state index contributed by atoms with van der Waals surface area (Å²) in [7, 11) is 1.69. The molecule has 30 heavy (non-hydrogen) atoms. The zero-order valence-corrected chi connectivity index (χ0v) is 17.7. The number of hydrogen-bond donors (Lipinski definition) is 2. The van der Waals surface area contributed by atoms with Crippen molar-refractivity contribution in [2.75, 3.05) is 44.7 Å². The van der Waals surface area contributed by atoms with Gasteiger partial charge in [0.15, 0.2) is 6.54 Å². The number of ether oxygens (including phenoxy) is 1. The van der Waals surface area contributed by atoms with Gasteiger partial charge in [-0.25, -0.2) is 0 Å². The van der Waals surface area contributed by atoms with Crippen molar-refractivity contribution in [3.63, 3.8) is 0 Å². The molecule has 1 saturated heterocycles. The summed E-state index contributed by atoms with van der Waals surface area (Å²) in [5.74, 6) is 0.991. The van der Waals surface area contributed by atoms with Gasteiger partial charge in [0.25, 0.3) is 5.91 Å². The number of quaternary nitrogens is 1. The molecule has 3 aromatic rings. The van der Waals surface area contributed by atoms with Gasteiger partial charge in [0.05, 0.1) is 39.3 Å². The van der Waals surface area contributed by atoms with Crippen molar-refractivity contribution < 1.29 is 14.4 Å². The van der Waals surface area contributed by atoms with Crippen LogP contribution in [0.1, 0.15) is 18.5 Å². The van der Waals surface area contributed by atoms with Crippen LogP contribution in [0.2, 0.25) is 0 Å². The number of carbonyl (C=O) groups is 1. The number of rotatable bonds is 6. The van der Waals surface area contributed by atoms with Crippen molar-refractivity contribution in [2.24, 2.45) is 0 Å². The summed E-state index contributed by atoms with van der Waals surface area (Å²) >= 11 is 0. The predicted molar refractivity (Wildman–Crippen MR) is 121 cm³/mol. The van der Waals surface area contributed by atoms with Crippen LogP contribution in [0, 0.1) is 0 Å². The third-order valence-corrected chi connectivity index (χ3v) is 5.95. The number of hydrogen-bond acceptors (Lipinski definition) is 3. The number of nitrogens with one attached hydrogen (secondary N) is 2. The summed E-state index contributed by atoms with van der Waals surface area (Å²) in [5, 5.41) is 5.60. The smallest absolute Gasteiger partial charge is 0.275 e. The van der Waals surface area contributed by atoms with E-state index in [4.69, 9.17) is 4.74 Å². The van der Waals surface area contributed by atoms with Gasteiger partial charge >= 0.3 is 0 Å². The molecule has 2 N–H and O–H groups in total. The van der Waals surface area contributed by atoms with Gasteiger partial charge in [-0.3, -0.25) is 4.79 Å². The summed E-state index contributed by atoms with van der Waals surface area (Å²) in [4.78, 5) is 16.3. The second-order valence-electron chi connectivity index (χ2n) is 8.01. The Labute approximate surface area is 178 Å². The molecule has 1 aliphatic heterocycles. The zero-order valence-electron chi connectivity index (χ0n) is 17.7. The van der Waals surface area contributed by atoms with Crippen molar-refractivity contribution in [1.29, 1.82) is 0 Å². The van der Waals surface area contributed by atoms with E-state index < -0.39 is 0 Å². The fourth-order valence-electron chi connectivity index (χ4n) is 4.15. The van der Waals surface area contributed by atoms with Crippen LogP contribution in [-0.2, 0) is 4.79 Å². The molecule has 4 rings (SSSR count). The minimum absolute atomic E-state index is 0.000390. The number of benzene rings is 3. The lowest BCUT2D eigenvalue weighted by molar-refractivity contribution is -0.892. The van der Waals surface area contributed by atoms with E-state index in [1.807, 2.05) is 24.3 Å². The standard InChI is InChI=1S/C25H29N3O2/c1-19(21-11-10-20-6-3-4-7-22(20)16-21)26-25(29)18-27-12-14-28(15-13-27)23-8-5-9-24(17-23)30-2/h3-11,16-17,19H,12-15,18H2,1-2H3,(H,26,29)/p+1/t19-/m1/s1. The SMILES string of the molecule is COc1cccc(N2CC[NH+](CC(=O)N[C@H](C)c3ccc4ccccc4c3)CC2)c1. The van der Waals surface area contributed by atoms with E-state index in [-0.39, 0.29) is 11.9 Å². The third kappa shape index (κ3) is 4.74. The number of carbonyl (C=O) groups excluding carboxylic acids is 1. The van der Waals surface area contributed by atoms with Crippen LogP contribution in [0.3, 0.4) is 0 Å². The number of methoxy groups -OCH3 is 1. The topological polar surface area (TPSA) is 46.0 Å². The Morgan fingerprint density at radius 3 is 2.57 bits per heavy atom. The number of anilines is 1. The number of nitrogens with zero attached hydrogens (tertiary/aromatic N) is 1. The number of amides is 1. The highest BCUT2D eigenvalue weighted by molar-refractivity contribution is 5.83. The Bertz CT molecular complexity index is 1010. The molecule has 3 aromatic carbocycles. The summed E-state index contributed by atoms with van der Waals surface area (Å²) in [6.45, 7) is 6.36. The summed E-state index contributed by atoms with van der Waals surface area (Å²) in [5.41, 5.74) is 2.32. The van der Waals surface area contributed by atoms with Gasteiger partial charge in [0.1, 0.15) is 5.75 Å². The van der Waals surface area contributed by atoms with E-state index in [2.05, 4.69) is 59.6 Å². The molecule has 0 bridgehead atoms. The fraction of sp³-hybridized carbons (Fsp3) is 0.320. The average molecular weight is 405 g/mol. The van der Waals surface area contributed by atoms with Crippen LogP contribution < -0.4 is 19.9 Å². The lowest BCUT2D eigenvalue weighted by Crippen LogP contribution is -3.15. The maximum Gasteiger partial charge on any atom is 0.275 e. The van der Waals surface area contributed by atoms with Gasteiger partial charge in [-0.2, -0.15) is 0 Å². The molecule has 156 valence electrons. The molecule has 5 nitrogen and oxygen atoms in total. The molecule has 1 heterocycles. The molecule has 0 unspecified atom stereocenters. The quantitative estimate of drug-likeness (QED) is 0.663. The molecule has 1 fully saturated rings. The Hall–Kier alpha value is -3.05. The maximum atomic E-state index is 12.6.